The highest BCUT2D eigenvalue weighted by molar-refractivity contribution is 9.10. The summed E-state index contributed by atoms with van der Waals surface area (Å²) in [6, 6.07) is 0. The molecular weight excluding hydrogens is 238 g/mol. The molecule has 0 aliphatic rings. The lowest BCUT2D eigenvalue weighted by Gasteiger charge is -2.15. The number of ether oxygens (including phenoxy) is 1. The standard InChI is InChI=1S/C8H16BrNO3/c1-8(2,9)7(12)10-3-5-13-6-4-11/h11H,3-6H2,1-2H3,(H,10,12). The van der Waals surface area contributed by atoms with Crippen LogP contribution in [0.1, 0.15) is 13.8 Å². The van der Waals surface area contributed by atoms with E-state index in [0.717, 1.165) is 0 Å². The minimum absolute atomic E-state index is 0.0118. The zero-order valence-electron chi connectivity index (χ0n) is 7.97. The van der Waals surface area contributed by atoms with Crippen LogP contribution in [0, 0.1) is 0 Å². The summed E-state index contributed by atoms with van der Waals surface area (Å²) in [7, 11) is 0. The second-order valence-corrected chi connectivity index (χ2v) is 5.05. The summed E-state index contributed by atoms with van der Waals surface area (Å²) in [6.45, 7) is 4.77. The molecule has 0 aromatic carbocycles. The molecule has 13 heavy (non-hydrogen) atoms. The molecule has 0 aromatic rings. The number of hydrogen-bond acceptors (Lipinski definition) is 3. The van der Waals surface area contributed by atoms with Crippen molar-refractivity contribution < 1.29 is 14.6 Å². The largest absolute Gasteiger partial charge is 0.394 e. The van der Waals surface area contributed by atoms with Gasteiger partial charge in [-0.1, -0.05) is 15.9 Å². The van der Waals surface area contributed by atoms with Crippen molar-refractivity contribution >= 4 is 21.8 Å². The van der Waals surface area contributed by atoms with E-state index in [1.165, 1.54) is 0 Å². The first-order valence-corrected chi connectivity index (χ1v) is 4.93. The van der Waals surface area contributed by atoms with Crippen LogP contribution in [0.4, 0.5) is 0 Å². The number of aliphatic hydroxyl groups is 1. The Kier molecular flexibility index (Phi) is 6.28. The Morgan fingerprint density at radius 3 is 2.62 bits per heavy atom. The zero-order valence-corrected chi connectivity index (χ0v) is 9.56. The van der Waals surface area contributed by atoms with Gasteiger partial charge >= 0.3 is 0 Å². The van der Waals surface area contributed by atoms with Crippen molar-refractivity contribution in [3.8, 4) is 0 Å². The summed E-state index contributed by atoms with van der Waals surface area (Å²) in [5, 5.41) is 11.1. The van der Waals surface area contributed by atoms with Crippen molar-refractivity contribution in [1.29, 1.82) is 0 Å². The number of halogens is 1. The summed E-state index contributed by atoms with van der Waals surface area (Å²) in [5.41, 5.74) is 0. The fourth-order valence-electron chi connectivity index (χ4n) is 0.614. The zero-order chi connectivity index (χ0) is 10.3. The number of carbonyl (C=O) groups excluding carboxylic acids is 1. The van der Waals surface area contributed by atoms with Gasteiger partial charge in [-0.05, 0) is 13.8 Å². The van der Waals surface area contributed by atoms with Crippen molar-refractivity contribution in [2.24, 2.45) is 0 Å². The van der Waals surface area contributed by atoms with Crippen molar-refractivity contribution in [3.63, 3.8) is 0 Å². The first-order chi connectivity index (χ1) is 5.98. The third kappa shape index (κ3) is 6.98. The van der Waals surface area contributed by atoms with E-state index < -0.39 is 4.32 Å². The van der Waals surface area contributed by atoms with E-state index in [2.05, 4.69) is 21.2 Å². The van der Waals surface area contributed by atoms with Crippen LogP contribution in [-0.4, -0.2) is 41.7 Å². The van der Waals surface area contributed by atoms with Gasteiger partial charge in [-0.3, -0.25) is 4.79 Å². The fourth-order valence-corrected chi connectivity index (χ4v) is 0.754. The minimum Gasteiger partial charge on any atom is -0.394 e. The van der Waals surface area contributed by atoms with Gasteiger partial charge in [-0.15, -0.1) is 0 Å². The average Bonchev–Trinajstić information content (AvgIpc) is 2.02. The molecule has 4 nitrogen and oxygen atoms in total. The van der Waals surface area contributed by atoms with Gasteiger partial charge in [0, 0.05) is 6.54 Å². The monoisotopic (exact) mass is 253 g/mol. The normalized spacial score (nSPS) is 11.4. The minimum atomic E-state index is -0.538. The topological polar surface area (TPSA) is 58.6 Å². The summed E-state index contributed by atoms with van der Waals surface area (Å²) in [5.74, 6) is -0.0694. The maximum atomic E-state index is 11.2. The molecule has 0 aliphatic carbocycles. The number of hydrogen-bond donors (Lipinski definition) is 2. The molecule has 0 heterocycles. The number of nitrogens with one attached hydrogen (secondary N) is 1. The first-order valence-electron chi connectivity index (χ1n) is 4.14. The van der Waals surface area contributed by atoms with Crippen LogP contribution in [0.3, 0.4) is 0 Å². The second kappa shape index (κ2) is 6.34. The van der Waals surface area contributed by atoms with Crippen LogP contribution in [-0.2, 0) is 9.53 Å². The molecule has 0 aromatic heterocycles. The molecular formula is C8H16BrNO3. The summed E-state index contributed by atoms with van der Waals surface area (Å²) >= 11 is 3.23. The van der Waals surface area contributed by atoms with Crippen LogP contribution >= 0.6 is 15.9 Å². The number of rotatable bonds is 6. The van der Waals surface area contributed by atoms with E-state index >= 15 is 0 Å². The Morgan fingerprint density at radius 1 is 1.54 bits per heavy atom. The molecule has 0 unspecified atom stereocenters. The van der Waals surface area contributed by atoms with Gasteiger partial charge < -0.3 is 15.2 Å². The van der Waals surface area contributed by atoms with Crippen molar-refractivity contribution in [1.82, 2.24) is 5.32 Å². The molecule has 0 saturated heterocycles. The number of aliphatic hydroxyl groups excluding tert-OH is 1. The van der Waals surface area contributed by atoms with Gasteiger partial charge in [0.1, 0.15) is 0 Å². The quantitative estimate of drug-likeness (QED) is 0.529. The van der Waals surface area contributed by atoms with Crippen molar-refractivity contribution in [3.05, 3.63) is 0 Å². The van der Waals surface area contributed by atoms with Crippen LogP contribution in [0.25, 0.3) is 0 Å². The molecule has 0 aliphatic heterocycles. The van der Waals surface area contributed by atoms with Gasteiger partial charge in [0.2, 0.25) is 5.91 Å². The van der Waals surface area contributed by atoms with E-state index in [0.29, 0.717) is 19.8 Å². The molecule has 5 heteroatoms. The van der Waals surface area contributed by atoms with Crippen molar-refractivity contribution in [2.45, 2.75) is 18.2 Å². The smallest absolute Gasteiger partial charge is 0.236 e. The Labute approximate surface area is 86.8 Å². The van der Waals surface area contributed by atoms with Crippen LogP contribution in [0.2, 0.25) is 0 Å². The number of alkyl halides is 1. The van der Waals surface area contributed by atoms with E-state index in [1.54, 1.807) is 13.8 Å². The molecule has 78 valence electrons. The molecule has 0 saturated carbocycles. The third-order valence-electron chi connectivity index (χ3n) is 1.31. The van der Waals surface area contributed by atoms with E-state index in [4.69, 9.17) is 9.84 Å². The van der Waals surface area contributed by atoms with E-state index in [9.17, 15) is 4.79 Å². The number of carbonyl (C=O) groups is 1. The lowest BCUT2D eigenvalue weighted by molar-refractivity contribution is -0.122. The molecule has 0 bridgehead atoms. The maximum Gasteiger partial charge on any atom is 0.236 e. The second-order valence-electron chi connectivity index (χ2n) is 3.06. The summed E-state index contributed by atoms with van der Waals surface area (Å²) < 4.78 is 4.43. The lowest BCUT2D eigenvalue weighted by Crippen LogP contribution is -2.39. The first kappa shape index (κ1) is 12.9. The van der Waals surface area contributed by atoms with E-state index in [-0.39, 0.29) is 12.5 Å². The highest BCUT2D eigenvalue weighted by Gasteiger charge is 2.22. The van der Waals surface area contributed by atoms with Crippen LogP contribution < -0.4 is 5.32 Å². The summed E-state index contributed by atoms with van der Waals surface area (Å²) in [4.78, 5) is 11.2. The Morgan fingerprint density at radius 2 is 2.15 bits per heavy atom. The molecule has 0 fully saturated rings. The predicted octanol–water partition coefficient (Wildman–Crippen LogP) is 0.285. The van der Waals surface area contributed by atoms with Gasteiger partial charge in [-0.25, -0.2) is 0 Å². The maximum absolute atomic E-state index is 11.2. The fraction of sp³-hybridized carbons (Fsp3) is 0.875. The van der Waals surface area contributed by atoms with Gasteiger partial charge in [0.15, 0.2) is 0 Å². The molecule has 0 radical (unpaired) electrons. The molecule has 2 N–H and O–H groups in total. The summed E-state index contributed by atoms with van der Waals surface area (Å²) in [6.07, 6.45) is 0. The Balaban J connectivity index is 3.38. The number of amides is 1. The Bertz CT molecular complexity index is 156. The SMILES string of the molecule is CC(C)(Br)C(=O)NCCOCCO. The van der Waals surface area contributed by atoms with Gasteiger partial charge in [0.05, 0.1) is 24.1 Å². The highest BCUT2D eigenvalue weighted by atomic mass is 79.9. The highest BCUT2D eigenvalue weighted by Crippen LogP contribution is 2.14. The lowest BCUT2D eigenvalue weighted by atomic mass is 10.2. The molecule has 0 atom stereocenters. The van der Waals surface area contributed by atoms with Crippen LogP contribution in [0.15, 0.2) is 0 Å². The van der Waals surface area contributed by atoms with E-state index in [1.807, 2.05) is 0 Å². The predicted molar refractivity (Wildman–Crippen MR) is 53.9 cm³/mol. The van der Waals surface area contributed by atoms with Gasteiger partial charge in [0.25, 0.3) is 0 Å². The van der Waals surface area contributed by atoms with Crippen molar-refractivity contribution in [2.75, 3.05) is 26.4 Å². The average molecular weight is 254 g/mol. The molecule has 0 spiro atoms. The van der Waals surface area contributed by atoms with Crippen LogP contribution in [0.5, 0.6) is 0 Å². The van der Waals surface area contributed by atoms with Gasteiger partial charge in [-0.2, -0.15) is 0 Å². The third-order valence-corrected chi connectivity index (χ3v) is 1.67. The molecule has 0 rings (SSSR count). The Hall–Kier alpha value is -0.130. The molecule has 1 amide bonds.